The number of ether oxygens (including phenoxy) is 2. The van der Waals surface area contributed by atoms with E-state index in [1.807, 2.05) is 49.5 Å². The second-order valence-electron chi connectivity index (χ2n) is 14.6. The molecule has 0 aromatic rings. The molecule has 5 atom stereocenters. The van der Waals surface area contributed by atoms with Gasteiger partial charge in [0.05, 0.1) is 32.0 Å². The molecule has 0 radical (unpaired) electrons. The molecule has 0 aromatic carbocycles. The second kappa shape index (κ2) is 41.8. The summed E-state index contributed by atoms with van der Waals surface area (Å²) in [6.45, 7) is 1.25. The minimum Gasteiger partial charge on any atom is -0.462 e. The minimum absolute atomic E-state index is 0.00588. The van der Waals surface area contributed by atoms with Crippen LogP contribution >= 0.6 is 15.6 Å². The van der Waals surface area contributed by atoms with Crippen molar-refractivity contribution >= 4 is 27.6 Å². The number of carbonyl (C=O) groups excluding carboxylic acids is 2. The van der Waals surface area contributed by atoms with Gasteiger partial charge in [0.2, 0.25) is 0 Å². The zero-order valence-electron chi connectivity index (χ0n) is 38.3. The van der Waals surface area contributed by atoms with E-state index in [9.17, 15) is 38.9 Å². The average Bonchev–Trinajstić information content (AvgIpc) is 3.26. The molecule has 0 saturated carbocycles. The van der Waals surface area contributed by atoms with Crippen molar-refractivity contribution in [2.45, 2.75) is 141 Å². The molecule has 0 spiro atoms. The number of unbranched alkanes of at least 4 members (excludes halogenated alkanes) is 4. The first-order valence-electron chi connectivity index (χ1n) is 22.4. The van der Waals surface area contributed by atoms with Crippen LogP contribution in [0.2, 0.25) is 0 Å². The lowest BCUT2D eigenvalue weighted by molar-refractivity contribution is -0.161. The largest absolute Gasteiger partial charge is 0.472 e. The highest BCUT2D eigenvalue weighted by Crippen LogP contribution is 2.43. The van der Waals surface area contributed by atoms with Gasteiger partial charge in [0, 0.05) is 12.8 Å². The smallest absolute Gasteiger partial charge is 0.462 e. The van der Waals surface area contributed by atoms with Gasteiger partial charge < -0.3 is 39.5 Å². The fraction of sp³-hybridized carbons (Fsp3) is 0.542. The van der Waals surface area contributed by atoms with Gasteiger partial charge in [-0.25, -0.2) is 9.13 Å². The third-order valence-corrected chi connectivity index (χ3v) is 9.94. The number of hydrogen-bond acceptors (Lipinski definition) is 12. The Morgan fingerprint density at radius 1 is 0.523 bits per heavy atom. The van der Waals surface area contributed by atoms with Crippen LogP contribution < -0.4 is 0 Å². The highest BCUT2D eigenvalue weighted by molar-refractivity contribution is 7.47. The molecule has 65 heavy (non-hydrogen) atoms. The summed E-state index contributed by atoms with van der Waals surface area (Å²) in [5, 5.41) is 29.7. The molecule has 0 heterocycles. The Morgan fingerprint density at radius 2 is 1.02 bits per heavy atom. The summed E-state index contributed by atoms with van der Waals surface area (Å²) in [5.74, 6) is -1.28. The van der Waals surface area contributed by atoms with Gasteiger partial charge in [0.1, 0.15) is 12.7 Å². The van der Waals surface area contributed by atoms with E-state index in [0.717, 1.165) is 32.1 Å². The second-order valence-corrected chi connectivity index (χ2v) is 17.3. The van der Waals surface area contributed by atoms with Crippen LogP contribution in [0.15, 0.2) is 122 Å². The molecule has 6 N–H and O–H groups in total. The summed E-state index contributed by atoms with van der Waals surface area (Å²) in [4.78, 5) is 52.7. The molecule has 0 rings (SSSR count). The lowest BCUT2D eigenvalue weighted by atomic mass is 10.2. The summed E-state index contributed by atoms with van der Waals surface area (Å²) in [6, 6.07) is 0. The quantitative estimate of drug-likeness (QED) is 0.0110. The van der Waals surface area contributed by atoms with Gasteiger partial charge in [-0.15, -0.1) is 0 Å². The SMILES string of the molecule is CC/C=C\C[C@@H](O)/C=C/C=C\C=C\[C@@H](O)C/C=C\C/C=C\CCC(=O)OC[C@H](COP(=O)(O)OC[C@@H](O)COP(=O)(O)O)OC(=O)CCC/C=C\C/C=C\C/C=C\C/C=C\CCCCC. The zero-order valence-corrected chi connectivity index (χ0v) is 40.0. The van der Waals surface area contributed by atoms with Crippen LogP contribution in [0.25, 0.3) is 0 Å². The van der Waals surface area contributed by atoms with Crippen LogP contribution in [0.5, 0.6) is 0 Å². The van der Waals surface area contributed by atoms with Gasteiger partial charge in [-0.05, 0) is 77.0 Å². The number of hydrogen-bond donors (Lipinski definition) is 6. The Kier molecular flexibility index (Phi) is 39.5. The predicted molar refractivity (Wildman–Crippen MR) is 255 cm³/mol. The first kappa shape index (κ1) is 61.4. The molecule has 15 nitrogen and oxygen atoms in total. The van der Waals surface area contributed by atoms with E-state index in [0.29, 0.717) is 38.5 Å². The van der Waals surface area contributed by atoms with Crippen LogP contribution in [0.1, 0.15) is 117 Å². The van der Waals surface area contributed by atoms with E-state index >= 15 is 0 Å². The topological polar surface area (TPSA) is 236 Å². The number of carbonyl (C=O) groups is 2. The maximum atomic E-state index is 12.7. The minimum atomic E-state index is -4.90. The monoisotopic (exact) mass is 954 g/mol. The number of allylic oxidation sites excluding steroid dienone is 16. The molecule has 0 aliphatic carbocycles. The third-order valence-electron chi connectivity index (χ3n) is 8.50. The van der Waals surface area contributed by atoms with Crippen molar-refractivity contribution in [3.63, 3.8) is 0 Å². The summed E-state index contributed by atoms with van der Waals surface area (Å²) >= 11 is 0. The van der Waals surface area contributed by atoms with Gasteiger partial charge in [0.15, 0.2) is 6.10 Å². The van der Waals surface area contributed by atoms with E-state index in [-0.39, 0.29) is 12.8 Å². The van der Waals surface area contributed by atoms with Gasteiger partial charge >= 0.3 is 27.6 Å². The van der Waals surface area contributed by atoms with Crippen molar-refractivity contribution < 1.29 is 71.8 Å². The molecule has 0 aliphatic rings. The maximum Gasteiger partial charge on any atom is 0.472 e. The Bertz CT molecular complexity index is 1640. The number of rotatable bonds is 40. The van der Waals surface area contributed by atoms with E-state index in [1.54, 1.807) is 42.5 Å². The fourth-order valence-electron chi connectivity index (χ4n) is 5.07. The molecule has 0 amide bonds. The first-order valence-corrected chi connectivity index (χ1v) is 25.5. The molecule has 1 unspecified atom stereocenters. The van der Waals surface area contributed by atoms with Gasteiger partial charge in [0.25, 0.3) is 0 Å². The zero-order chi connectivity index (χ0) is 48.3. The predicted octanol–water partition coefficient (Wildman–Crippen LogP) is 9.61. The van der Waals surface area contributed by atoms with E-state index < -0.39 is 78.4 Å². The Balaban J connectivity index is 4.83. The maximum absolute atomic E-state index is 12.7. The molecule has 0 saturated heterocycles. The number of phosphoric acid groups is 2. The highest BCUT2D eigenvalue weighted by Gasteiger charge is 2.28. The molecule has 0 aromatic heterocycles. The van der Waals surface area contributed by atoms with Gasteiger partial charge in [-0.3, -0.25) is 23.2 Å². The molecular formula is C48H76O15P2. The standard InChI is InChI=1S/C48H76O15P2/c1-3-5-7-8-9-10-11-12-13-14-15-16-17-18-19-24-32-38-48(53)63-46(42-62-65(57,58)61-40-45(51)39-60-64(54,55)56)41-59-47(52)37-31-23-21-20-22-28-34-44(50)36-30-26-25-29-35-43(49)33-27-6-4-2/h6,9-10,12-13,15-16,18-19,21-23,25-30,35-36,43-46,49-51H,3-5,7-8,11,14,17,20,24,31-34,37-42H2,1-2H3,(H,57,58)(H2,54,55,56)/b10-9-,13-12-,16-15-,19-18-,23-21-,26-25-,27-6-,28-22-,35-29+,36-30+/t43-,44+,45+,46-/m1/s1. The Hall–Kier alpha value is -3.56. The Labute approximate surface area is 387 Å². The normalized spacial score (nSPS) is 16.0. The van der Waals surface area contributed by atoms with E-state index in [1.165, 1.54) is 19.3 Å². The first-order chi connectivity index (χ1) is 31.2. The molecule has 368 valence electrons. The van der Waals surface area contributed by atoms with E-state index in [2.05, 4.69) is 52.4 Å². The summed E-state index contributed by atoms with van der Waals surface area (Å²) in [5.41, 5.74) is 0. The van der Waals surface area contributed by atoms with Gasteiger partial charge in [-0.2, -0.15) is 0 Å². The van der Waals surface area contributed by atoms with Crippen molar-refractivity contribution in [1.82, 2.24) is 0 Å². The van der Waals surface area contributed by atoms with E-state index in [4.69, 9.17) is 23.8 Å². The fourth-order valence-corrected chi connectivity index (χ4v) is 6.22. The van der Waals surface area contributed by atoms with Crippen molar-refractivity contribution in [3.05, 3.63) is 122 Å². The summed E-state index contributed by atoms with van der Waals surface area (Å²) in [6.07, 6.45) is 45.6. The third kappa shape index (κ3) is 45.4. The average molecular weight is 955 g/mol. The number of aliphatic hydroxyl groups is 3. The molecule has 0 fully saturated rings. The van der Waals surface area contributed by atoms with Crippen molar-refractivity contribution in [3.8, 4) is 0 Å². The number of phosphoric ester groups is 2. The summed E-state index contributed by atoms with van der Waals surface area (Å²) in [7, 11) is -9.77. The van der Waals surface area contributed by atoms with Crippen LogP contribution in [0, 0.1) is 0 Å². The lowest BCUT2D eigenvalue weighted by Gasteiger charge is -2.20. The van der Waals surface area contributed by atoms with Crippen LogP contribution in [0.3, 0.4) is 0 Å². The number of esters is 2. The Morgan fingerprint density at radius 3 is 1.57 bits per heavy atom. The highest BCUT2D eigenvalue weighted by atomic mass is 31.2. The molecule has 0 aliphatic heterocycles. The van der Waals surface area contributed by atoms with Crippen LogP contribution in [-0.2, 0) is 41.8 Å². The lowest BCUT2D eigenvalue weighted by Crippen LogP contribution is -2.29. The van der Waals surface area contributed by atoms with Crippen LogP contribution in [-0.4, -0.2) is 92.8 Å². The van der Waals surface area contributed by atoms with Crippen LogP contribution in [0.4, 0.5) is 0 Å². The molecule has 17 heteroatoms. The summed E-state index contributed by atoms with van der Waals surface area (Å²) < 4.78 is 47.6. The number of aliphatic hydroxyl groups excluding tert-OH is 3. The van der Waals surface area contributed by atoms with Crippen molar-refractivity contribution in [1.29, 1.82) is 0 Å². The van der Waals surface area contributed by atoms with Gasteiger partial charge in [-0.1, -0.05) is 148 Å². The molecular weight excluding hydrogens is 878 g/mol. The van der Waals surface area contributed by atoms with Crippen molar-refractivity contribution in [2.24, 2.45) is 0 Å². The van der Waals surface area contributed by atoms with Crippen molar-refractivity contribution in [2.75, 3.05) is 26.4 Å². The molecule has 0 bridgehead atoms.